The van der Waals surface area contributed by atoms with Crippen molar-refractivity contribution in [1.29, 1.82) is 0 Å². The molecule has 3 atom stereocenters. The predicted octanol–water partition coefficient (Wildman–Crippen LogP) is 4.26. The fraction of sp³-hybridized carbons (Fsp3) is 0.500. The predicted molar refractivity (Wildman–Crippen MR) is 104 cm³/mol. The monoisotopic (exact) mass is 369 g/mol. The van der Waals surface area contributed by atoms with Crippen molar-refractivity contribution in [3.63, 3.8) is 0 Å². The number of hydrogen-bond acceptors (Lipinski definition) is 4. The summed E-state index contributed by atoms with van der Waals surface area (Å²) in [6.45, 7) is 6.84. The summed E-state index contributed by atoms with van der Waals surface area (Å²) in [5.74, 6) is 2.89. The largest absolute Gasteiger partial charge is 0.618 e. The summed E-state index contributed by atoms with van der Waals surface area (Å²) in [5, 5.41) is 13.4. The molecule has 5 heteroatoms. The zero-order chi connectivity index (χ0) is 19.5. The lowest BCUT2D eigenvalue weighted by molar-refractivity contribution is -0.607. The number of benzene rings is 1. The molecule has 0 N–H and O–H groups in total. The van der Waals surface area contributed by atoms with Crippen LogP contribution in [0.25, 0.3) is 11.3 Å². The van der Waals surface area contributed by atoms with Crippen LogP contribution in [0.15, 0.2) is 24.3 Å². The Morgan fingerprint density at radius 1 is 1.04 bits per heavy atom. The molecule has 2 aromatic rings. The molecule has 1 heterocycles. The first-order chi connectivity index (χ1) is 12.8. The van der Waals surface area contributed by atoms with Gasteiger partial charge in [0.2, 0.25) is 11.4 Å². The minimum absolute atomic E-state index is 0.250. The molecule has 0 spiro atoms. The molecule has 0 radical (unpaired) electrons. The Balaban J connectivity index is 1.87. The Kier molecular flexibility index (Phi) is 4.02. The van der Waals surface area contributed by atoms with Crippen LogP contribution in [0.3, 0.4) is 0 Å². The molecule has 1 saturated carbocycles. The fourth-order valence-electron chi connectivity index (χ4n) is 5.28. The van der Waals surface area contributed by atoms with E-state index in [0.717, 1.165) is 16.0 Å². The standard InChI is InChI=1S/C22H27NO4/c1-12-15-11-16(22(15,2)3)14-7-8-17(23(24)20(12)14)13-9-18(25-4)21(27-6)19(10-13)26-5/h7-10,12,15-16H,11H2,1-6H3/t12-,15+,16-/m1/s1. The summed E-state index contributed by atoms with van der Waals surface area (Å²) in [6, 6.07) is 7.72. The Morgan fingerprint density at radius 3 is 2.19 bits per heavy atom. The fourth-order valence-corrected chi connectivity index (χ4v) is 5.28. The molecule has 144 valence electrons. The topological polar surface area (TPSA) is 54.6 Å². The second-order valence-corrected chi connectivity index (χ2v) is 8.27. The van der Waals surface area contributed by atoms with Crippen molar-refractivity contribution < 1.29 is 18.9 Å². The van der Waals surface area contributed by atoms with Crippen molar-refractivity contribution in [3.05, 3.63) is 40.7 Å². The Bertz CT molecular complexity index is 880. The number of ether oxygens (including phenoxy) is 3. The van der Waals surface area contributed by atoms with E-state index in [2.05, 4.69) is 26.8 Å². The molecule has 0 amide bonds. The van der Waals surface area contributed by atoms with Crippen molar-refractivity contribution in [3.8, 4) is 28.5 Å². The number of rotatable bonds is 4. The highest BCUT2D eigenvalue weighted by atomic mass is 16.5. The SMILES string of the molecule is COc1cc(-c2ccc3c([n+]2[O-])[C@H](C)[C@@H]2C[C@H]3C2(C)C)cc(OC)c1OC. The lowest BCUT2D eigenvalue weighted by Crippen LogP contribution is -2.54. The van der Waals surface area contributed by atoms with Crippen molar-refractivity contribution in [2.24, 2.45) is 11.3 Å². The highest BCUT2D eigenvalue weighted by Gasteiger charge is 2.58. The zero-order valence-electron chi connectivity index (χ0n) is 16.8. The molecule has 5 nitrogen and oxygen atoms in total. The number of pyridine rings is 1. The van der Waals surface area contributed by atoms with Crippen LogP contribution in [0, 0.1) is 16.5 Å². The van der Waals surface area contributed by atoms with Crippen molar-refractivity contribution >= 4 is 0 Å². The maximum atomic E-state index is 13.4. The first-order valence-electron chi connectivity index (χ1n) is 9.41. The summed E-state index contributed by atoms with van der Waals surface area (Å²) < 4.78 is 17.4. The van der Waals surface area contributed by atoms with Crippen LogP contribution in [0.5, 0.6) is 17.2 Å². The van der Waals surface area contributed by atoms with Crippen molar-refractivity contribution in [2.75, 3.05) is 21.3 Å². The molecule has 1 aromatic heterocycles. The van der Waals surface area contributed by atoms with Crippen LogP contribution in [0.4, 0.5) is 0 Å². The van der Waals surface area contributed by atoms with E-state index >= 15 is 0 Å². The van der Waals surface area contributed by atoms with Crippen LogP contribution in [0.2, 0.25) is 0 Å². The van der Waals surface area contributed by atoms with E-state index in [1.807, 2.05) is 18.2 Å². The second-order valence-electron chi connectivity index (χ2n) is 8.27. The van der Waals surface area contributed by atoms with Gasteiger partial charge < -0.3 is 19.4 Å². The van der Waals surface area contributed by atoms with Crippen molar-refractivity contribution in [2.45, 2.75) is 39.0 Å². The molecule has 0 saturated heterocycles. The Morgan fingerprint density at radius 2 is 1.67 bits per heavy atom. The van der Waals surface area contributed by atoms with E-state index in [1.165, 1.54) is 12.0 Å². The van der Waals surface area contributed by atoms with E-state index in [9.17, 15) is 5.21 Å². The van der Waals surface area contributed by atoms with E-state index in [-0.39, 0.29) is 11.3 Å². The molecule has 5 rings (SSSR count). The number of hydrogen-bond donors (Lipinski definition) is 0. The third-order valence-electron chi connectivity index (χ3n) is 6.87. The summed E-state index contributed by atoms with van der Waals surface area (Å²) >= 11 is 0. The van der Waals surface area contributed by atoms with Gasteiger partial charge in [-0.05, 0) is 41.9 Å². The second kappa shape index (κ2) is 6.04. The van der Waals surface area contributed by atoms with Gasteiger partial charge >= 0.3 is 0 Å². The molecule has 27 heavy (non-hydrogen) atoms. The van der Waals surface area contributed by atoms with Gasteiger partial charge in [-0.15, -0.1) is 0 Å². The van der Waals surface area contributed by atoms with Gasteiger partial charge in [-0.2, -0.15) is 4.73 Å². The van der Waals surface area contributed by atoms with Crippen LogP contribution in [-0.2, 0) is 0 Å². The van der Waals surface area contributed by atoms with Gasteiger partial charge in [0.1, 0.15) is 0 Å². The highest BCUT2D eigenvalue weighted by molar-refractivity contribution is 5.67. The molecule has 3 aliphatic carbocycles. The molecule has 0 aliphatic heterocycles. The molecule has 1 aromatic carbocycles. The first kappa shape index (κ1) is 18.0. The van der Waals surface area contributed by atoms with Gasteiger partial charge in [-0.25, -0.2) is 0 Å². The Labute approximate surface area is 160 Å². The summed E-state index contributed by atoms with van der Waals surface area (Å²) in [7, 11) is 4.73. The summed E-state index contributed by atoms with van der Waals surface area (Å²) in [5.41, 5.74) is 3.77. The first-order valence-corrected chi connectivity index (χ1v) is 9.41. The van der Waals surface area contributed by atoms with Crippen LogP contribution >= 0.6 is 0 Å². The summed E-state index contributed by atoms with van der Waals surface area (Å²) in [4.78, 5) is 0. The summed E-state index contributed by atoms with van der Waals surface area (Å²) in [6.07, 6.45) is 1.19. The zero-order valence-corrected chi connectivity index (χ0v) is 16.8. The quantitative estimate of drug-likeness (QED) is 0.597. The molecular formula is C22H27NO4. The average molecular weight is 369 g/mol. The number of nitrogens with zero attached hydrogens (tertiary/aromatic N) is 1. The number of methoxy groups -OCH3 is 3. The van der Waals surface area contributed by atoms with E-state index in [4.69, 9.17) is 14.2 Å². The molecular weight excluding hydrogens is 342 g/mol. The molecule has 0 unspecified atom stereocenters. The maximum Gasteiger partial charge on any atom is 0.224 e. The molecule has 2 bridgehead atoms. The van der Waals surface area contributed by atoms with Gasteiger partial charge in [0, 0.05) is 17.5 Å². The van der Waals surface area contributed by atoms with Gasteiger partial charge in [-0.3, -0.25) is 0 Å². The van der Waals surface area contributed by atoms with Gasteiger partial charge in [0.25, 0.3) is 0 Å². The van der Waals surface area contributed by atoms with Crippen LogP contribution in [0.1, 0.15) is 50.3 Å². The van der Waals surface area contributed by atoms with Crippen LogP contribution in [-0.4, -0.2) is 21.3 Å². The van der Waals surface area contributed by atoms with E-state index in [0.29, 0.717) is 34.8 Å². The Hall–Kier alpha value is -2.43. The smallest absolute Gasteiger partial charge is 0.224 e. The average Bonchev–Trinajstić information content (AvgIpc) is 2.66. The lowest BCUT2D eigenvalue weighted by Gasteiger charge is -2.58. The number of aromatic nitrogens is 1. The lowest BCUT2D eigenvalue weighted by atomic mass is 9.45. The minimum Gasteiger partial charge on any atom is -0.618 e. The molecule has 3 aliphatic rings. The maximum absolute atomic E-state index is 13.4. The highest BCUT2D eigenvalue weighted by Crippen LogP contribution is 2.65. The van der Waals surface area contributed by atoms with Gasteiger partial charge in [0.15, 0.2) is 17.2 Å². The van der Waals surface area contributed by atoms with Gasteiger partial charge in [0.05, 0.1) is 26.9 Å². The van der Waals surface area contributed by atoms with E-state index in [1.54, 1.807) is 21.3 Å². The third kappa shape index (κ3) is 2.33. The normalized spacial score (nSPS) is 24.6. The van der Waals surface area contributed by atoms with E-state index < -0.39 is 0 Å². The van der Waals surface area contributed by atoms with Crippen LogP contribution < -0.4 is 18.9 Å². The van der Waals surface area contributed by atoms with Gasteiger partial charge in [-0.1, -0.05) is 20.8 Å². The minimum atomic E-state index is 0.250. The van der Waals surface area contributed by atoms with Crippen molar-refractivity contribution in [1.82, 2.24) is 0 Å². The molecule has 1 fully saturated rings. The third-order valence-corrected chi connectivity index (χ3v) is 6.87.